The summed E-state index contributed by atoms with van der Waals surface area (Å²) < 4.78 is 16.3. The fourth-order valence-corrected chi connectivity index (χ4v) is 5.21. The van der Waals surface area contributed by atoms with E-state index in [0.717, 1.165) is 31.8 Å². The van der Waals surface area contributed by atoms with Gasteiger partial charge in [-0.15, -0.1) is 0 Å². The van der Waals surface area contributed by atoms with E-state index in [1.54, 1.807) is 19.4 Å². The minimum absolute atomic E-state index is 0.217. The summed E-state index contributed by atoms with van der Waals surface area (Å²) in [5, 5.41) is 5.07. The normalized spacial score (nSPS) is 11.4. The van der Waals surface area contributed by atoms with Crippen LogP contribution < -0.4 is 15.0 Å². The number of aromatic nitrogens is 2. The molecular weight excluding hydrogens is 734 g/mol. The molecule has 4 rings (SSSR count). The van der Waals surface area contributed by atoms with Crippen molar-refractivity contribution in [3.8, 4) is 11.5 Å². The van der Waals surface area contributed by atoms with Gasteiger partial charge in [0.05, 0.1) is 28.7 Å². The van der Waals surface area contributed by atoms with Gasteiger partial charge in [0.2, 0.25) is 0 Å². The maximum atomic E-state index is 13.4. The minimum atomic E-state index is -0.217. The van der Waals surface area contributed by atoms with Crippen LogP contribution in [0.1, 0.15) is 36.7 Å². The van der Waals surface area contributed by atoms with Crippen molar-refractivity contribution in [1.82, 2.24) is 9.66 Å². The van der Waals surface area contributed by atoms with Crippen LogP contribution in [0, 0.1) is 0 Å². The summed E-state index contributed by atoms with van der Waals surface area (Å²) in [6.45, 7) is 2.47. The van der Waals surface area contributed by atoms with E-state index in [9.17, 15) is 4.79 Å². The highest BCUT2D eigenvalue weighted by atomic mass is 79.9. The molecule has 0 saturated carbocycles. The van der Waals surface area contributed by atoms with Crippen LogP contribution in [0.15, 0.2) is 76.3 Å². The molecule has 6 nitrogen and oxygen atoms in total. The summed E-state index contributed by atoms with van der Waals surface area (Å²) in [6.07, 6.45) is 4.15. The van der Waals surface area contributed by atoms with E-state index in [1.165, 1.54) is 4.68 Å². The van der Waals surface area contributed by atoms with Crippen molar-refractivity contribution in [2.75, 3.05) is 7.11 Å². The van der Waals surface area contributed by atoms with E-state index in [1.807, 2.05) is 42.5 Å². The Hall–Kier alpha value is -2.01. The van der Waals surface area contributed by atoms with Crippen molar-refractivity contribution in [2.24, 2.45) is 5.10 Å². The van der Waals surface area contributed by atoms with Crippen molar-refractivity contribution in [3.05, 3.63) is 93.7 Å². The van der Waals surface area contributed by atoms with Crippen LogP contribution in [0.3, 0.4) is 0 Å². The van der Waals surface area contributed by atoms with Crippen LogP contribution in [-0.4, -0.2) is 23.0 Å². The number of hydrogen-bond acceptors (Lipinski definition) is 5. The lowest BCUT2D eigenvalue weighted by Crippen LogP contribution is -2.22. The lowest BCUT2D eigenvalue weighted by atomic mass is 10.2. The fraction of sp³-hybridized carbons (Fsp3) is 0.222. The molecule has 0 radical (unpaired) electrons. The molecule has 0 spiro atoms. The molecule has 0 unspecified atom stereocenters. The first kappa shape index (κ1) is 28.0. The van der Waals surface area contributed by atoms with Gasteiger partial charge in [0, 0.05) is 25.4 Å². The van der Waals surface area contributed by atoms with Crippen LogP contribution in [0.25, 0.3) is 10.9 Å². The standard InChI is InChI=1S/C27H23Br4N3O3/c1-3-4-5-23-33-21-11-10-19(29)13-20(21)27(35)34(23)32-14-17-12-22(36-2)26(25(31)24(17)30)37-15-16-6-8-18(28)9-7-16/h6-14H,3-5,15H2,1-2H3. The molecule has 1 heterocycles. The third kappa shape index (κ3) is 6.53. The van der Waals surface area contributed by atoms with Gasteiger partial charge in [0.25, 0.3) is 5.56 Å². The van der Waals surface area contributed by atoms with Gasteiger partial charge in [-0.2, -0.15) is 9.78 Å². The molecule has 0 fully saturated rings. The van der Waals surface area contributed by atoms with Gasteiger partial charge in [0.1, 0.15) is 12.4 Å². The average Bonchev–Trinajstić information content (AvgIpc) is 2.90. The summed E-state index contributed by atoms with van der Waals surface area (Å²) in [7, 11) is 1.58. The van der Waals surface area contributed by atoms with Gasteiger partial charge in [-0.05, 0) is 80.2 Å². The fourth-order valence-electron chi connectivity index (χ4n) is 3.65. The first-order valence-corrected chi connectivity index (χ1v) is 14.7. The van der Waals surface area contributed by atoms with E-state index in [0.29, 0.717) is 51.3 Å². The number of ether oxygens (including phenoxy) is 2. The lowest BCUT2D eigenvalue weighted by Gasteiger charge is -2.15. The Labute approximate surface area is 248 Å². The first-order valence-electron chi connectivity index (χ1n) is 11.5. The zero-order chi connectivity index (χ0) is 26.5. The van der Waals surface area contributed by atoms with Gasteiger partial charge < -0.3 is 9.47 Å². The maximum absolute atomic E-state index is 13.4. The number of rotatable bonds is 9. The van der Waals surface area contributed by atoms with Crippen molar-refractivity contribution in [2.45, 2.75) is 32.8 Å². The number of halogens is 4. The average molecular weight is 757 g/mol. The van der Waals surface area contributed by atoms with Crippen LogP contribution in [0.2, 0.25) is 0 Å². The zero-order valence-corrected chi connectivity index (χ0v) is 26.4. The topological polar surface area (TPSA) is 65.7 Å². The molecule has 0 aliphatic carbocycles. The first-order chi connectivity index (χ1) is 17.8. The second-order valence-electron chi connectivity index (χ2n) is 8.19. The Kier molecular flexibility index (Phi) is 9.61. The van der Waals surface area contributed by atoms with Crippen LogP contribution >= 0.6 is 63.7 Å². The number of unbranched alkanes of at least 4 members (excludes halogenated alkanes) is 1. The Balaban J connectivity index is 1.71. The summed E-state index contributed by atoms with van der Waals surface area (Å²) in [6, 6.07) is 15.2. The number of hydrogen-bond donors (Lipinski definition) is 0. The second kappa shape index (κ2) is 12.7. The highest BCUT2D eigenvalue weighted by Crippen LogP contribution is 2.42. The third-order valence-electron chi connectivity index (χ3n) is 5.61. The van der Waals surface area contributed by atoms with Crippen molar-refractivity contribution >= 4 is 80.8 Å². The molecule has 1 aromatic heterocycles. The van der Waals surface area contributed by atoms with Crippen LogP contribution in [0.4, 0.5) is 0 Å². The molecule has 10 heteroatoms. The van der Waals surface area contributed by atoms with E-state index in [2.05, 4.69) is 75.7 Å². The van der Waals surface area contributed by atoms with Crippen LogP contribution in [-0.2, 0) is 13.0 Å². The zero-order valence-electron chi connectivity index (χ0n) is 20.1. The summed E-state index contributed by atoms with van der Waals surface area (Å²) >= 11 is 14.2. The van der Waals surface area contributed by atoms with E-state index in [-0.39, 0.29) is 5.56 Å². The number of fused-ring (bicyclic) bond motifs is 1. The van der Waals surface area contributed by atoms with Crippen LogP contribution in [0.5, 0.6) is 11.5 Å². The van der Waals surface area contributed by atoms with Crippen molar-refractivity contribution < 1.29 is 9.47 Å². The molecule has 0 saturated heterocycles. The van der Waals surface area contributed by atoms with E-state index >= 15 is 0 Å². The molecule has 0 N–H and O–H groups in total. The molecule has 0 aliphatic rings. The van der Waals surface area contributed by atoms with Gasteiger partial charge in [-0.25, -0.2) is 4.98 Å². The maximum Gasteiger partial charge on any atom is 0.282 e. The smallest absolute Gasteiger partial charge is 0.282 e. The van der Waals surface area contributed by atoms with Gasteiger partial charge in [-0.1, -0.05) is 57.3 Å². The number of benzene rings is 3. The molecule has 192 valence electrons. The molecule has 37 heavy (non-hydrogen) atoms. The van der Waals surface area contributed by atoms with Gasteiger partial charge in [0.15, 0.2) is 11.5 Å². The number of methoxy groups -OCH3 is 1. The molecular formula is C27H23Br4N3O3. The predicted molar refractivity (Wildman–Crippen MR) is 162 cm³/mol. The SMILES string of the molecule is CCCCc1nc2ccc(Br)cc2c(=O)n1N=Cc1cc(OC)c(OCc2ccc(Br)cc2)c(Br)c1Br. The molecule has 0 aliphatic heterocycles. The van der Waals surface area contributed by atoms with E-state index < -0.39 is 0 Å². The molecule has 0 amide bonds. The third-order valence-corrected chi connectivity index (χ3v) is 8.78. The Morgan fingerprint density at radius 2 is 1.73 bits per heavy atom. The monoisotopic (exact) mass is 753 g/mol. The Morgan fingerprint density at radius 1 is 1.00 bits per heavy atom. The molecule has 4 aromatic rings. The van der Waals surface area contributed by atoms with Gasteiger partial charge >= 0.3 is 0 Å². The molecule has 0 bridgehead atoms. The molecule has 0 atom stereocenters. The summed E-state index contributed by atoms with van der Waals surface area (Å²) in [5.74, 6) is 1.72. The highest BCUT2D eigenvalue weighted by molar-refractivity contribution is 9.13. The molecule has 3 aromatic carbocycles. The van der Waals surface area contributed by atoms with Crippen molar-refractivity contribution in [3.63, 3.8) is 0 Å². The minimum Gasteiger partial charge on any atom is -0.493 e. The second-order valence-corrected chi connectivity index (χ2v) is 11.6. The summed E-state index contributed by atoms with van der Waals surface area (Å²) in [5.41, 5.74) is 2.17. The largest absolute Gasteiger partial charge is 0.493 e. The highest BCUT2D eigenvalue weighted by Gasteiger charge is 2.17. The number of nitrogens with zero attached hydrogens (tertiary/aromatic N) is 3. The quantitative estimate of drug-likeness (QED) is 0.162. The van der Waals surface area contributed by atoms with Gasteiger partial charge in [-0.3, -0.25) is 4.79 Å². The van der Waals surface area contributed by atoms with Crippen molar-refractivity contribution in [1.29, 1.82) is 0 Å². The summed E-state index contributed by atoms with van der Waals surface area (Å²) in [4.78, 5) is 18.1. The lowest BCUT2D eigenvalue weighted by molar-refractivity contribution is 0.282. The Bertz CT molecular complexity index is 1520. The Morgan fingerprint density at radius 3 is 2.43 bits per heavy atom. The number of aryl methyl sites for hydroxylation is 1. The van der Waals surface area contributed by atoms with E-state index in [4.69, 9.17) is 14.5 Å². The predicted octanol–water partition coefficient (Wildman–Crippen LogP) is 8.26.